The Morgan fingerprint density at radius 3 is 2.86 bits per heavy atom. The van der Waals surface area contributed by atoms with Crippen molar-refractivity contribution in [3.8, 4) is 11.5 Å². The minimum absolute atomic E-state index is 0.0623. The van der Waals surface area contributed by atoms with E-state index in [0.29, 0.717) is 35.8 Å². The van der Waals surface area contributed by atoms with Crippen LogP contribution < -0.4 is 9.47 Å². The number of H-pyrrole nitrogens is 1. The van der Waals surface area contributed by atoms with Gasteiger partial charge in [0.25, 0.3) is 0 Å². The summed E-state index contributed by atoms with van der Waals surface area (Å²) in [5.41, 5.74) is 2.44. The van der Waals surface area contributed by atoms with Gasteiger partial charge in [-0.2, -0.15) is 0 Å². The van der Waals surface area contributed by atoms with Crippen LogP contribution in [0.15, 0.2) is 53.1 Å². The smallest absolute Gasteiger partial charge is 0.352 e. The number of ether oxygens (including phenoxy) is 3. The van der Waals surface area contributed by atoms with Crippen LogP contribution >= 0.6 is 0 Å². The van der Waals surface area contributed by atoms with Crippen LogP contribution in [-0.2, 0) is 11.3 Å². The second-order valence-corrected chi connectivity index (χ2v) is 6.80. The maximum absolute atomic E-state index is 11.2. The van der Waals surface area contributed by atoms with Gasteiger partial charge in [0.2, 0.25) is 0 Å². The minimum atomic E-state index is -1.01. The Labute approximate surface area is 166 Å². The van der Waals surface area contributed by atoms with E-state index in [4.69, 9.17) is 18.6 Å². The molecule has 0 aliphatic carbocycles. The molecule has 0 spiro atoms. The first kappa shape index (κ1) is 18.9. The SMILES string of the molecule is COCC(C)Oc1ccc2c(COc3cccc4[nH]c(C(=O)O)cc34)coc2c1. The van der Waals surface area contributed by atoms with Crippen molar-refractivity contribution in [2.24, 2.45) is 0 Å². The molecule has 4 rings (SSSR count). The van der Waals surface area contributed by atoms with Crippen LogP contribution in [0.3, 0.4) is 0 Å². The lowest BCUT2D eigenvalue weighted by Gasteiger charge is -2.13. The second-order valence-electron chi connectivity index (χ2n) is 6.80. The highest BCUT2D eigenvalue weighted by molar-refractivity contribution is 5.96. The van der Waals surface area contributed by atoms with Gasteiger partial charge in [-0.05, 0) is 37.3 Å². The molecule has 2 N–H and O–H groups in total. The predicted molar refractivity (Wildman–Crippen MR) is 108 cm³/mol. The van der Waals surface area contributed by atoms with Gasteiger partial charge in [0.15, 0.2) is 0 Å². The van der Waals surface area contributed by atoms with Gasteiger partial charge < -0.3 is 28.7 Å². The number of aromatic nitrogens is 1. The summed E-state index contributed by atoms with van der Waals surface area (Å²) in [6.45, 7) is 2.73. The second kappa shape index (κ2) is 7.89. The van der Waals surface area contributed by atoms with Crippen LogP contribution in [0.1, 0.15) is 23.0 Å². The van der Waals surface area contributed by atoms with E-state index >= 15 is 0 Å². The van der Waals surface area contributed by atoms with Gasteiger partial charge in [-0.1, -0.05) is 6.07 Å². The molecular weight excluding hydrogens is 374 g/mol. The topological polar surface area (TPSA) is 93.9 Å². The van der Waals surface area contributed by atoms with Crippen molar-refractivity contribution in [3.63, 3.8) is 0 Å². The van der Waals surface area contributed by atoms with Gasteiger partial charge in [0, 0.05) is 35.0 Å². The largest absolute Gasteiger partial charge is 0.488 e. The van der Waals surface area contributed by atoms with Crippen LogP contribution in [0.25, 0.3) is 21.9 Å². The highest BCUT2D eigenvalue weighted by Crippen LogP contribution is 2.30. The lowest BCUT2D eigenvalue weighted by molar-refractivity contribution is 0.0691. The van der Waals surface area contributed by atoms with Crippen LogP contribution in [-0.4, -0.2) is 35.9 Å². The molecule has 7 nitrogen and oxygen atoms in total. The molecule has 0 radical (unpaired) electrons. The third-order valence-electron chi connectivity index (χ3n) is 4.60. The first-order valence-corrected chi connectivity index (χ1v) is 9.18. The molecule has 2 aromatic heterocycles. The molecule has 2 heterocycles. The Bertz CT molecular complexity index is 1160. The Hall–Kier alpha value is -3.45. The number of aromatic carboxylic acids is 1. The zero-order chi connectivity index (χ0) is 20.4. The van der Waals surface area contributed by atoms with E-state index in [1.807, 2.05) is 43.3 Å². The molecule has 29 heavy (non-hydrogen) atoms. The van der Waals surface area contributed by atoms with Crippen LogP contribution in [0.4, 0.5) is 0 Å². The standard InChI is InChI=1S/C22H21NO6/c1-13(10-26-2)29-15-6-7-16-14(12-28-21(16)8-15)11-27-20-5-3-4-18-17(20)9-19(23-18)22(24)25/h3-9,12-13,23H,10-11H2,1-2H3,(H,24,25). The van der Waals surface area contributed by atoms with Crippen molar-refractivity contribution in [1.82, 2.24) is 4.98 Å². The summed E-state index contributed by atoms with van der Waals surface area (Å²) in [4.78, 5) is 14.1. The third kappa shape index (κ3) is 3.90. The number of hydrogen-bond donors (Lipinski definition) is 2. The fraction of sp³-hybridized carbons (Fsp3) is 0.227. The Kier molecular flexibility index (Phi) is 5.14. The number of nitrogens with one attached hydrogen (secondary N) is 1. The zero-order valence-corrected chi connectivity index (χ0v) is 16.1. The summed E-state index contributed by atoms with van der Waals surface area (Å²) in [5, 5.41) is 10.8. The Balaban J connectivity index is 1.53. The van der Waals surface area contributed by atoms with Gasteiger partial charge in [-0.25, -0.2) is 4.79 Å². The molecule has 0 fully saturated rings. The molecule has 7 heteroatoms. The molecule has 0 bridgehead atoms. The summed E-state index contributed by atoms with van der Waals surface area (Å²) >= 11 is 0. The van der Waals surface area contributed by atoms with E-state index in [1.54, 1.807) is 19.4 Å². The zero-order valence-electron chi connectivity index (χ0n) is 16.1. The molecular formula is C22H21NO6. The van der Waals surface area contributed by atoms with E-state index in [1.165, 1.54) is 0 Å². The van der Waals surface area contributed by atoms with E-state index in [2.05, 4.69) is 4.98 Å². The summed E-state index contributed by atoms with van der Waals surface area (Å²) in [5.74, 6) is 0.307. The highest BCUT2D eigenvalue weighted by Gasteiger charge is 2.13. The molecule has 0 aliphatic heterocycles. The van der Waals surface area contributed by atoms with E-state index in [-0.39, 0.29) is 11.8 Å². The molecule has 0 amide bonds. The number of furan rings is 1. The van der Waals surface area contributed by atoms with E-state index in [9.17, 15) is 9.90 Å². The number of carbonyl (C=O) groups is 1. The fourth-order valence-corrected chi connectivity index (χ4v) is 3.27. The number of hydrogen-bond acceptors (Lipinski definition) is 5. The fourth-order valence-electron chi connectivity index (χ4n) is 3.27. The average molecular weight is 395 g/mol. The molecule has 0 saturated heterocycles. The lowest BCUT2D eigenvalue weighted by atomic mass is 10.2. The first-order valence-electron chi connectivity index (χ1n) is 9.18. The normalized spacial score (nSPS) is 12.3. The minimum Gasteiger partial charge on any atom is -0.488 e. The molecule has 1 atom stereocenters. The molecule has 1 unspecified atom stereocenters. The van der Waals surface area contributed by atoms with Crippen LogP contribution in [0.2, 0.25) is 0 Å². The number of aromatic amines is 1. The molecule has 4 aromatic rings. The first-order chi connectivity index (χ1) is 14.0. The Morgan fingerprint density at radius 2 is 2.07 bits per heavy atom. The van der Waals surface area contributed by atoms with Crippen molar-refractivity contribution in [1.29, 1.82) is 0 Å². The summed E-state index contributed by atoms with van der Waals surface area (Å²) in [6.07, 6.45) is 1.60. The number of benzene rings is 2. The van der Waals surface area contributed by atoms with Crippen molar-refractivity contribution < 1.29 is 28.5 Å². The number of fused-ring (bicyclic) bond motifs is 2. The van der Waals surface area contributed by atoms with E-state index in [0.717, 1.165) is 16.3 Å². The van der Waals surface area contributed by atoms with Gasteiger partial charge in [0.05, 0.1) is 12.9 Å². The highest BCUT2D eigenvalue weighted by atomic mass is 16.5. The van der Waals surface area contributed by atoms with Crippen LogP contribution in [0.5, 0.6) is 11.5 Å². The van der Waals surface area contributed by atoms with Crippen molar-refractivity contribution in [2.45, 2.75) is 19.6 Å². The van der Waals surface area contributed by atoms with Crippen molar-refractivity contribution in [2.75, 3.05) is 13.7 Å². The van der Waals surface area contributed by atoms with Gasteiger partial charge in [-0.3, -0.25) is 0 Å². The maximum Gasteiger partial charge on any atom is 0.352 e. The summed E-state index contributed by atoms with van der Waals surface area (Å²) < 4.78 is 22.5. The summed E-state index contributed by atoms with van der Waals surface area (Å²) in [6, 6.07) is 12.7. The Morgan fingerprint density at radius 1 is 1.21 bits per heavy atom. The maximum atomic E-state index is 11.2. The van der Waals surface area contributed by atoms with Crippen molar-refractivity contribution >= 4 is 27.8 Å². The van der Waals surface area contributed by atoms with Gasteiger partial charge in [-0.15, -0.1) is 0 Å². The van der Waals surface area contributed by atoms with E-state index < -0.39 is 5.97 Å². The number of rotatable bonds is 8. The van der Waals surface area contributed by atoms with Crippen molar-refractivity contribution in [3.05, 3.63) is 60.0 Å². The summed E-state index contributed by atoms with van der Waals surface area (Å²) in [7, 11) is 1.64. The monoisotopic (exact) mass is 395 g/mol. The molecule has 0 saturated carbocycles. The quantitative estimate of drug-likeness (QED) is 0.453. The van der Waals surface area contributed by atoms with Gasteiger partial charge in [0.1, 0.15) is 35.5 Å². The van der Waals surface area contributed by atoms with Crippen LogP contribution in [0, 0.1) is 0 Å². The molecule has 150 valence electrons. The number of methoxy groups -OCH3 is 1. The molecule has 2 aromatic carbocycles. The molecule has 0 aliphatic rings. The predicted octanol–water partition coefficient (Wildman–Crippen LogP) is 4.61. The third-order valence-corrected chi connectivity index (χ3v) is 4.60. The number of carboxylic acid groups (broad SMARTS) is 1. The number of carboxylic acids is 1. The lowest BCUT2D eigenvalue weighted by Crippen LogP contribution is -2.17. The van der Waals surface area contributed by atoms with Gasteiger partial charge >= 0.3 is 5.97 Å². The average Bonchev–Trinajstić information content (AvgIpc) is 3.30.